The first kappa shape index (κ1) is 20.0. The summed E-state index contributed by atoms with van der Waals surface area (Å²) in [6.45, 7) is 4.48. The summed E-state index contributed by atoms with van der Waals surface area (Å²) in [5, 5.41) is 3.99. The second-order valence-corrected chi connectivity index (χ2v) is 10.3. The van der Waals surface area contributed by atoms with Gasteiger partial charge >= 0.3 is 0 Å². The van der Waals surface area contributed by atoms with Gasteiger partial charge in [0.1, 0.15) is 11.3 Å². The van der Waals surface area contributed by atoms with E-state index in [0.717, 1.165) is 30.6 Å². The summed E-state index contributed by atoms with van der Waals surface area (Å²) in [7, 11) is 0. The Morgan fingerprint density at radius 3 is 2.75 bits per heavy atom. The first-order valence-electron chi connectivity index (χ1n) is 12.1. The molecule has 1 saturated carbocycles. The van der Waals surface area contributed by atoms with Gasteiger partial charge in [-0.3, -0.25) is 4.79 Å². The number of likely N-dealkylation sites (tertiary alicyclic amines) is 1. The van der Waals surface area contributed by atoms with Gasteiger partial charge < -0.3 is 14.6 Å². The summed E-state index contributed by atoms with van der Waals surface area (Å²) in [4.78, 5) is 21.2. The summed E-state index contributed by atoms with van der Waals surface area (Å²) in [6.07, 6.45) is 8.73. The van der Waals surface area contributed by atoms with Gasteiger partial charge in [-0.25, -0.2) is 4.98 Å². The lowest BCUT2D eigenvalue weighted by Gasteiger charge is -2.51. The summed E-state index contributed by atoms with van der Waals surface area (Å²) >= 11 is 0. The number of piperidine rings is 1. The van der Waals surface area contributed by atoms with Crippen LogP contribution in [0, 0.1) is 12.3 Å². The molecule has 3 aliphatic rings. The molecule has 1 N–H and O–H groups in total. The van der Waals surface area contributed by atoms with Crippen LogP contribution in [0.3, 0.4) is 0 Å². The highest BCUT2D eigenvalue weighted by atomic mass is 16.2. The predicted molar refractivity (Wildman–Crippen MR) is 126 cm³/mol. The maximum atomic E-state index is 14.2. The van der Waals surface area contributed by atoms with Crippen LogP contribution in [-0.2, 0) is 6.42 Å². The fourth-order valence-electron chi connectivity index (χ4n) is 6.82. The van der Waals surface area contributed by atoms with Crippen molar-refractivity contribution in [3.8, 4) is 0 Å². The van der Waals surface area contributed by atoms with Gasteiger partial charge in [-0.2, -0.15) is 0 Å². The summed E-state index contributed by atoms with van der Waals surface area (Å²) in [6, 6.07) is 17.9. The van der Waals surface area contributed by atoms with E-state index in [1.165, 1.54) is 24.8 Å². The minimum atomic E-state index is 0.0966. The Morgan fingerprint density at radius 1 is 1.12 bits per heavy atom. The van der Waals surface area contributed by atoms with E-state index < -0.39 is 0 Å². The first-order valence-corrected chi connectivity index (χ1v) is 12.1. The van der Waals surface area contributed by atoms with Crippen molar-refractivity contribution in [2.45, 2.75) is 76.5 Å². The van der Waals surface area contributed by atoms with E-state index in [0.29, 0.717) is 17.8 Å². The number of aromatic nitrogens is 2. The SMILES string of the molecule is Cc1cccc2nc(C(=O)N3[C@@H](Cc4ccccc4)[C@@H]4C[C@@]5(C)[C@H](CCCC[C@@H]35)N4)cn12. The number of nitrogens with one attached hydrogen (secondary N) is 1. The third kappa shape index (κ3) is 3.01. The second kappa shape index (κ2) is 7.45. The number of hydrogen-bond acceptors (Lipinski definition) is 3. The molecule has 5 heteroatoms. The molecule has 1 aromatic carbocycles. The van der Waals surface area contributed by atoms with E-state index in [1.54, 1.807) is 0 Å². The van der Waals surface area contributed by atoms with Crippen molar-refractivity contribution in [2.75, 3.05) is 0 Å². The number of carbonyl (C=O) groups excluding carboxylic acids is 1. The van der Waals surface area contributed by atoms with Crippen LogP contribution >= 0.6 is 0 Å². The number of nitrogens with zero attached hydrogens (tertiary/aromatic N) is 3. The largest absolute Gasteiger partial charge is 0.329 e. The van der Waals surface area contributed by atoms with Gasteiger partial charge in [0.05, 0.1) is 6.04 Å². The molecule has 3 fully saturated rings. The zero-order valence-electron chi connectivity index (χ0n) is 19.0. The fourth-order valence-corrected chi connectivity index (χ4v) is 6.82. The number of rotatable bonds is 3. The quantitative estimate of drug-likeness (QED) is 0.673. The summed E-state index contributed by atoms with van der Waals surface area (Å²) in [5.74, 6) is 0.0966. The standard InChI is InChI=1S/C27H32N4O/c1-18-9-8-14-25-29-21(17-30(18)25)26(32)31-22(15-19-10-4-3-5-11-19)20-16-27(2)23(28-20)12-6-7-13-24(27)31/h3-5,8-11,14,17,20,22-24,28H,6-7,12-13,15-16H2,1-2H3/t20-,22-,23-,24+,27-/m0/s1. The Hall–Kier alpha value is -2.66. The van der Waals surface area contributed by atoms with Crippen LogP contribution in [0.25, 0.3) is 5.65 Å². The summed E-state index contributed by atoms with van der Waals surface area (Å²) in [5.41, 5.74) is 3.95. The van der Waals surface area contributed by atoms with Crippen LogP contribution in [0.1, 0.15) is 60.8 Å². The van der Waals surface area contributed by atoms with Gasteiger partial charge in [-0.1, -0.05) is 56.2 Å². The fraction of sp³-hybridized carbons (Fsp3) is 0.481. The monoisotopic (exact) mass is 428 g/mol. The molecule has 3 aromatic rings. The predicted octanol–water partition coefficient (Wildman–Crippen LogP) is 4.39. The van der Waals surface area contributed by atoms with Crippen molar-refractivity contribution < 1.29 is 4.79 Å². The van der Waals surface area contributed by atoms with Crippen molar-refractivity contribution in [1.29, 1.82) is 0 Å². The van der Waals surface area contributed by atoms with Crippen molar-refractivity contribution in [3.05, 3.63) is 71.7 Å². The molecule has 4 heterocycles. The van der Waals surface area contributed by atoms with Gasteiger partial charge in [0, 0.05) is 35.4 Å². The molecule has 32 heavy (non-hydrogen) atoms. The maximum Gasteiger partial charge on any atom is 0.274 e. The Bertz CT molecular complexity index is 1150. The lowest BCUT2D eigenvalue weighted by atomic mass is 9.69. The molecule has 5 nitrogen and oxygen atoms in total. The van der Waals surface area contributed by atoms with Crippen LogP contribution < -0.4 is 5.32 Å². The van der Waals surface area contributed by atoms with Gasteiger partial charge in [0.15, 0.2) is 0 Å². The molecule has 2 saturated heterocycles. The third-order valence-corrected chi connectivity index (χ3v) is 8.45. The molecule has 1 aliphatic carbocycles. The van der Waals surface area contributed by atoms with Crippen molar-refractivity contribution in [1.82, 2.24) is 19.6 Å². The molecular weight excluding hydrogens is 396 g/mol. The van der Waals surface area contributed by atoms with Crippen molar-refractivity contribution in [2.24, 2.45) is 5.41 Å². The highest BCUT2D eigenvalue weighted by Gasteiger charge is 2.59. The Labute approximate surface area is 189 Å². The Kier molecular flexibility index (Phi) is 4.65. The van der Waals surface area contributed by atoms with Gasteiger partial charge in [0.25, 0.3) is 5.91 Å². The molecule has 0 spiro atoms. The first-order chi connectivity index (χ1) is 15.5. The van der Waals surface area contributed by atoms with E-state index in [-0.39, 0.29) is 23.4 Å². The number of pyridine rings is 1. The van der Waals surface area contributed by atoms with Crippen LogP contribution in [0.2, 0.25) is 0 Å². The Morgan fingerprint density at radius 2 is 1.94 bits per heavy atom. The molecule has 0 radical (unpaired) electrons. The number of benzene rings is 1. The lowest BCUT2D eigenvalue weighted by molar-refractivity contribution is 0.00276. The third-order valence-electron chi connectivity index (χ3n) is 8.45. The minimum absolute atomic E-state index is 0.0966. The van der Waals surface area contributed by atoms with Crippen LogP contribution in [0.4, 0.5) is 0 Å². The second-order valence-electron chi connectivity index (χ2n) is 10.3. The highest BCUT2D eigenvalue weighted by molar-refractivity contribution is 5.93. The van der Waals surface area contributed by atoms with E-state index in [1.807, 2.05) is 22.7 Å². The zero-order valence-corrected chi connectivity index (χ0v) is 19.0. The Balaban J connectivity index is 1.44. The minimum Gasteiger partial charge on any atom is -0.329 e. The molecule has 1 amide bonds. The molecule has 5 atom stereocenters. The summed E-state index contributed by atoms with van der Waals surface area (Å²) < 4.78 is 2.04. The molecule has 2 aliphatic heterocycles. The number of aryl methyl sites for hydroxylation is 1. The van der Waals surface area contributed by atoms with Crippen LogP contribution in [0.5, 0.6) is 0 Å². The number of imidazole rings is 1. The van der Waals surface area contributed by atoms with Crippen LogP contribution in [-0.4, -0.2) is 44.4 Å². The molecule has 166 valence electrons. The van der Waals surface area contributed by atoms with Gasteiger partial charge in [0.2, 0.25) is 0 Å². The zero-order chi connectivity index (χ0) is 21.9. The average molecular weight is 429 g/mol. The van der Waals surface area contributed by atoms with Gasteiger partial charge in [-0.15, -0.1) is 0 Å². The van der Waals surface area contributed by atoms with E-state index in [4.69, 9.17) is 4.98 Å². The normalized spacial score (nSPS) is 31.6. The average Bonchev–Trinajstić information content (AvgIpc) is 3.32. The molecule has 0 unspecified atom stereocenters. The lowest BCUT2D eigenvalue weighted by Crippen LogP contribution is -2.61. The number of hydrogen-bond donors (Lipinski definition) is 1. The van der Waals surface area contributed by atoms with E-state index in [9.17, 15) is 4.79 Å². The van der Waals surface area contributed by atoms with E-state index >= 15 is 0 Å². The molecular formula is C27H32N4O. The van der Waals surface area contributed by atoms with E-state index in [2.05, 4.69) is 60.5 Å². The smallest absolute Gasteiger partial charge is 0.274 e. The molecule has 6 rings (SSSR count). The van der Waals surface area contributed by atoms with Crippen molar-refractivity contribution in [3.63, 3.8) is 0 Å². The highest BCUT2D eigenvalue weighted by Crippen LogP contribution is 2.51. The number of carbonyl (C=O) groups is 1. The van der Waals surface area contributed by atoms with Crippen LogP contribution in [0.15, 0.2) is 54.7 Å². The topological polar surface area (TPSA) is 49.6 Å². The molecule has 2 bridgehead atoms. The van der Waals surface area contributed by atoms with Crippen molar-refractivity contribution >= 4 is 11.6 Å². The van der Waals surface area contributed by atoms with Gasteiger partial charge in [-0.05, 0) is 50.3 Å². The number of fused-ring (bicyclic) bond motifs is 2. The number of amides is 1. The maximum absolute atomic E-state index is 14.2. The molecule has 2 aromatic heterocycles.